The zero-order chi connectivity index (χ0) is 14.8. The molecule has 1 amide bonds. The standard InChI is InChI=1S/C14H15N5OS/c1-9-6-10(2)19-12(17-18-14(19)16-9)8-15-13(20)7-11-4-3-5-21-11/h3-6H,7-8H2,1-2H3,(H,15,20). The zero-order valence-electron chi connectivity index (χ0n) is 11.8. The van der Waals surface area contributed by atoms with Gasteiger partial charge in [-0.3, -0.25) is 9.20 Å². The lowest BCUT2D eigenvalue weighted by Gasteiger charge is -2.05. The Balaban J connectivity index is 1.72. The van der Waals surface area contributed by atoms with Gasteiger partial charge in [-0.25, -0.2) is 4.98 Å². The molecule has 3 aromatic heterocycles. The molecule has 0 fully saturated rings. The summed E-state index contributed by atoms with van der Waals surface area (Å²) in [4.78, 5) is 17.3. The molecule has 0 aliphatic heterocycles. The minimum Gasteiger partial charge on any atom is -0.348 e. The van der Waals surface area contributed by atoms with Gasteiger partial charge in [-0.2, -0.15) is 0 Å². The smallest absolute Gasteiger partial charge is 0.255 e. The van der Waals surface area contributed by atoms with E-state index in [1.165, 1.54) is 0 Å². The van der Waals surface area contributed by atoms with E-state index in [4.69, 9.17) is 0 Å². The quantitative estimate of drug-likeness (QED) is 0.795. The zero-order valence-corrected chi connectivity index (χ0v) is 12.6. The van der Waals surface area contributed by atoms with Gasteiger partial charge in [0.05, 0.1) is 13.0 Å². The molecule has 7 heteroatoms. The number of carbonyl (C=O) groups excluding carboxylic acids is 1. The molecular weight excluding hydrogens is 286 g/mol. The van der Waals surface area contributed by atoms with Crippen molar-refractivity contribution in [1.29, 1.82) is 0 Å². The average Bonchev–Trinajstić information content (AvgIpc) is 3.05. The first-order valence-electron chi connectivity index (χ1n) is 6.61. The van der Waals surface area contributed by atoms with Gasteiger partial charge in [-0.15, -0.1) is 21.5 Å². The number of fused-ring (bicyclic) bond motifs is 1. The molecule has 0 aromatic carbocycles. The summed E-state index contributed by atoms with van der Waals surface area (Å²) >= 11 is 1.58. The van der Waals surface area contributed by atoms with Gasteiger partial charge in [0, 0.05) is 16.3 Å². The van der Waals surface area contributed by atoms with E-state index in [1.54, 1.807) is 11.3 Å². The highest BCUT2D eigenvalue weighted by molar-refractivity contribution is 7.10. The third kappa shape index (κ3) is 2.92. The van der Waals surface area contributed by atoms with Gasteiger partial charge in [-0.1, -0.05) is 6.07 Å². The lowest BCUT2D eigenvalue weighted by Crippen LogP contribution is -2.25. The molecular formula is C14H15N5OS. The molecule has 0 aliphatic carbocycles. The van der Waals surface area contributed by atoms with E-state index in [0.717, 1.165) is 16.3 Å². The Bertz CT molecular complexity index is 778. The Hall–Kier alpha value is -2.28. The van der Waals surface area contributed by atoms with Gasteiger partial charge in [0.1, 0.15) is 0 Å². The summed E-state index contributed by atoms with van der Waals surface area (Å²) < 4.78 is 1.86. The molecule has 0 saturated carbocycles. The van der Waals surface area contributed by atoms with Gasteiger partial charge in [0.25, 0.3) is 5.78 Å². The van der Waals surface area contributed by atoms with Crippen LogP contribution in [0.3, 0.4) is 0 Å². The minimum atomic E-state index is -0.0214. The van der Waals surface area contributed by atoms with Crippen molar-refractivity contribution < 1.29 is 4.79 Å². The van der Waals surface area contributed by atoms with Crippen molar-refractivity contribution in [3.05, 3.63) is 45.7 Å². The van der Waals surface area contributed by atoms with Gasteiger partial charge in [0.15, 0.2) is 5.82 Å². The van der Waals surface area contributed by atoms with E-state index < -0.39 is 0 Å². The fourth-order valence-corrected chi connectivity index (χ4v) is 2.93. The highest BCUT2D eigenvalue weighted by atomic mass is 32.1. The number of rotatable bonds is 4. The number of aromatic nitrogens is 4. The lowest BCUT2D eigenvalue weighted by molar-refractivity contribution is -0.120. The number of amides is 1. The van der Waals surface area contributed by atoms with Gasteiger partial charge in [0.2, 0.25) is 5.91 Å². The summed E-state index contributed by atoms with van der Waals surface area (Å²) in [6.07, 6.45) is 0.394. The SMILES string of the molecule is Cc1cc(C)n2c(CNC(=O)Cc3cccs3)nnc2n1. The van der Waals surface area contributed by atoms with Crippen LogP contribution in [0.4, 0.5) is 0 Å². The van der Waals surface area contributed by atoms with E-state index in [-0.39, 0.29) is 5.91 Å². The van der Waals surface area contributed by atoms with Crippen LogP contribution in [0.15, 0.2) is 23.6 Å². The molecule has 3 heterocycles. The summed E-state index contributed by atoms with van der Waals surface area (Å²) in [5, 5.41) is 13.0. The maximum Gasteiger partial charge on any atom is 0.255 e. The predicted octanol–water partition coefficient (Wildman–Crippen LogP) is 1.66. The number of hydrogen-bond acceptors (Lipinski definition) is 5. The molecule has 0 aliphatic rings. The molecule has 0 radical (unpaired) electrons. The molecule has 21 heavy (non-hydrogen) atoms. The van der Waals surface area contributed by atoms with Crippen LogP contribution in [0.5, 0.6) is 0 Å². The summed E-state index contributed by atoms with van der Waals surface area (Å²) in [7, 11) is 0. The second-order valence-corrected chi connectivity index (χ2v) is 5.86. The van der Waals surface area contributed by atoms with Gasteiger partial charge >= 0.3 is 0 Å². The molecule has 1 N–H and O–H groups in total. The second-order valence-electron chi connectivity index (χ2n) is 4.82. The molecule has 0 spiro atoms. The van der Waals surface area contributed by atoms with Gasteiger partial charge < -0.3 is 5.32 Å². The molecule has 0 unspecified atom stereocenters. The first-order valence-corrected chi connectivity index (χ1v) is 7.49. The number of thiophene rings is 1. The summed E-state index contributed by atoms with van der Waals surface area (Å²) in [5.74, 6) is 1.23. The van der Waals surface area contributed by atoms with Crippen LogP contribution in [0.1, 0.15) is 22.1 Å². The average molecular weight is 301 g/mol. The second kappa shape index (κ2) is 5.61. The highest BCUT2D eigenvalue weighted by Gasteiger charge is 2.11. The fourth-order valence-electron chi connectivity index (χ4n) is 2.22. The van der Waals surface area contributed by atoms with Crippen LogP contribution in [0.25, 0.3) is 5.78 Å². The van der Waals surface area contributed by atoms with Crippen LogP contribution in [0.2, 0.25) is 0 Å². The number of nitrogens with zero attached hydrogens (tertiary/aromatic N) is 4. The molecule has 0 bridgehead atoms. The number of hydrogen-bond donors (Lipinski definition) is 1. The Kier molecular flexibility index (Phi) is 3.66. The van der Waals surface area contributed by atoms with Crippen LogP contribution in [-0.4, -0.2) is 25.5 Å². The van der Waals surface area contributed by atoms with Crippen molar-refractivity contribution in [1.82, 2.24) is 24.9 Å². The minimum absolute atomic E-state index is 0.0214. The summed E-state index contributed by atoms with van der Waals surface area (Å²) in [6.45, 7) is 4.24. The van der Waals surface area contributed by atoms with Crippen molar-refractivity contribution in [3.63, 3.8) is 0 Å². The van der Waals surface area contributed by atoms with E-state index in [0.29, 0.717) is 24.6 Å². The Morgan fingerprint density at radius 2 is 2.24 bits per heavy atom. The predicted molar refractivity (Wildman–Crippen MR) is 80.1 cm³/mol. The van der Waals surface area contributed by atoms with Crippen LogP contribution >= 0.6 is 11.3 Å². The number of carbonyl (C=O) groups is 1. The van der Waals surface area contributed by atoms with Crippen LogP contribution < -0.4 is 5.32 Å². The Morgan fingerprint density at radius 1 is 1.38 bits per heavy atom. The maximum absolute atomic E-state index is 11.9. The first kappa shape index (κ1) is 13.7. The van der Waals surface area contributed by atoms with Crippen molar-refractivity contribution >= 4 is 23.0 Å². The van der Waals surface area contributed by atoms with Crippen molar-refractivity contribution in [2.45, 2.75) is 26.8 Å². The van der Waals surface area contributed by atoms with E-state index >= 15 is 0 Å². The number of nitrogens with one attached hydrogen (secondary N) is 1. The highest BCUT2D eigenvalue weighted by Crippen LogP contribution is 2.10. The molecule has 6 nitrogen and oxygen atoms in total. The molecule has 108 valence electrons. The van der Waals surface area contributed by atoms with E-state index in [2.05, 4.69) is 20.5 Å². The third-order valence-electron chi connectivity index (χ3n) is 3.12. The van der Waals surface area contributed by atoms with Crippen molar-refractivity contribution in [2.75, 3.05) is 0 Å². The van der Waals surface area contributed by atoms with E-state index in [1.807, 2.05) is 41.8 Å². The Morgan fingerprint density at radius 3 is 3.00 bits per heavy atom. The topological polar surface area (TPSA) is 72.2 Å². The summed E-state index contributed by atoms with van der Waals surface area (Å²) in [5.41, 5.74) is 1.91. The molecule has 0 atom stereocenters. The van der Waals surface area contributed by atoms with Crippen LogP contribution in [-0.2, 0) is 17.8 Å². The Labute approximate surface area is 125 Å². The third-order valence-corrected chi connectivity index (χ3v) is 3.99. The first-order chi connectivity index (χ1) is 10.1. The number of aryl methyl sites for hydroxylation is 2. The maximum atomic E-state index is 11.9. The molecule has 3 rings (SSSR count). The largest absolute Gasteiger partial charge is 0.348 e. The summed E-state index contributed by atoms with van der Waals surface area (Å²) in [6, 6.07) is 5.86. The van der Waals surface area contributed by atoms with E-state index in [9.17, 15) is 4.79 Å². The van der Waals surface area contributed by atoms with Gasteiger partial charge in [-0.05, 0) is 31.4 Å². The normalized spacial score (nSPS) is 11.0. The molecule has 3 aromatic rings. The molecule has 0 saturated heterocycles. The van der Waals surface area contributed by atoms with Crippen molar-refractivity contribution in [2.24, 2.45) is 0 Å². The lowest BCUT2D eigenvalue weighted by atomic mass is 10.3. The monoisotopic (exact) mass is 301 g/mol. The van der Waals surface area contributed by atoms with Crippen molar-refractivity contribution in [3.8, 4) is 0 Å². The fraction of sp³-hybridized carbons (Fsp3) is 0.286. The van der Waals surface area contributed by atoms with Crippen LogP contribution in [0, 0.1) is 13.8 Å².